The summed E-state index contributed by atoms with van der Waals surface area (Å²) in [4.78, 5) is 25.1. The molecule has 0 aromatic heterocycles. The van der Waals surface area contributed by atoms with Crippen LogP contribution in [0.3, 0.4) is 0 Å². The van der Waals surface area contributed by atoms with E-state index in [0.29, 0.717) is 10.2 Å². The Kier molecular flexibility index (Phi) is 3.89. The van der Waals surface area contributed by atoms with Crippen molar-refractivity contribution in [1.29, 1.82) is 0 Å². The summed E-state index contributed by atoms with van der Waals surface area (Å²) >= 11 is 3.11. The molecule has 0 aliphatic carbocycles. The fourth-order valence-corrected chi connectivity index (χ4v) is 2.56. The lowest BCUT2D eigenvalue weighted by Gasteiger charge is -2.24. The van der Waals surface area contributed by atoms with E-state index in [1.165, 1.54) is 11.0 Å². The van der Waals surface area contributed by atoms with Gasteiger partial charge in [0.1, 0.15) is 11.9 Å². The van der Waals surface area contributed by atoms with Crippen molar-refractivity contribution in [2.45, 2.75) is 26.3 Å². The molecular formula is C13H14BrFN2O2. The van der Waals surface area contributed by atoms with Crippen molar-refractivity contribution in [2.75, 3.05) is 11.4 Å². The summed E-state index contributed by atoms with van der Waals surface area (Å²) in [6.45, 7) is 3.69. The lowest BCUT2D eigenvalue weighted by atomic mass is 10.1. The maximum absolute atomic E-state index is 13.6. The monoisotopic (exact) mass is 328 g/mol. The highest BCUT2D eigenvalue weighted by Gasteiger charge is 2.28. The van der Waals surface area contributed by atoms with Crippen molar-refractivity contribution >= 4 is 33.4 Å². The number of carbonyl (C=O) groups excluding carboxylic acids is 2. The number of hydrogen-bond donors (Lipinski definition) is 1. The Hall–Kier alpha value is -1.43. The van der Waals surface area contributed by atoms with Gasteiger partial charge in [0.15, 0.2) is 0 Å². The number of nitrogens with zero attached hydrogens (tertiary/aromatic N) is 1. The molecule has 0 radical (unpaired) electrons. The van der Waals surface area contributed by atoms with Crippen LogP contribution in [0.15, 0.2) is 16.6 Å². The number of anilines is 1. The summed E-state index contributed by atoms with van der Waals surface area (Å²) in [5.74, 6) is -0.821. The lowest BCUT2D eigenvalue weighted by Crippen LogP contribution is -2.43. The van der Waals surface area contributed by atoms with Gasteiger partial charge in [-0.25, -0.2) is 4.39 Å². The number of hydrogen-bond acceptors (Lipinski definition) is 2. The van der Waals surface area contributed by atoms with E-state index in [2.05, 4.69) is 21.2 Å². The maximum atomic E-state index is 13.6. The number of benzene rings is 1. The number of rotatable bonds is 1. The first kappa shape index (κ1) is 14.0. The van der Waals surface area contributed by atoms with Crippen LogP contribution >= 0.6 is 15.9 Å². The highest BCUT2D eigenvalue weighted by atomic mass is 79.9. The molecule has 0 bridgehead atoms. The van der Waals surface area contributed by atoms with Gasteiger partial charge >= 0.3 is 0 Å². The van der Waals surface area contributed by atoms with Crippen LogP contribution < -0.4 is 10.2 Å². The molecule has 1 aliphatic rings. The molecule has 19 heavy (non-hydrogen) atoms. The molecule has 102 valence electrons. The Labute approximate surface area is 119 Å². The third-order valence-electron chi connectivity index (χ3n) is 3.11. The van der Waals surface area contributed by atoms with Gasteiger partial charge in [-0.1, -0.05) is 0 Å². The smallest absolute Gasteiger partial charge is 0.249 e. The Morgan fingerprint density at radius 3 is 2.79 bits per heavy atom. The zero-order valence-electron chi connectivity index (χ0n) is 10.7. The van der Waals surface area contributed by atoms with Gasteiger partial charge in [-0.2, -0.15) is 0 Å². The topological polar surface area (TPSA) is 49.4 Å². The van der Waals surface area contributed by atoms with E-state index >= 15 is 0 Å². The van der Waals surface area contributed by atoms with Gasteiger partial charge in [-0.05, 0) is 47.5 Å². The van der Waals surface area contributed by atoms with Crippen LogP contribution in [0, 0.1) is 12.7 Å². The van der Waals surface area contributed by atoms with Crippen LogP contribution in [0.4, 0.5) is 10.1 Å². The fraction of sp³-hybridized carbons (Fsp3) is 0.385. The molecule has 2 rings (SSSR count). The molecule has 4 nitrogen and oxygen atoms in total. The maximum Gasteiger partial charge on any atom is 0.249 e. The summed E-state index contributed by atoms with van der Waals surface area (Å²) in [5.41, 5.74) is 1.29. The normalized spacial score (nSPS) is 20.2. The summed E-state index contributed by atoms with van der Waals surface area (Å²) in [6.07, 6.45) is 0.215. The molecule has 1 unspecified atom stereocenters. The zero-order valence-corrected chi connectivity index (χ0v) is 12.3. The fourth-order valence-electron chi connectivity index (χ4n) is 2.10. The second-order valence-electron chi connectivity index (χ2n) is 4.58. The van der Waals surface area contributed by atoms with E-state index in [1.54, 1.807) is 19.9 Å². The third-order valence-corrected chi connectivity index (χ3v) is 3.71. The number of halogens is 2. The SMILES string of the molecule is Cc1cc(Br)c(F)cc1N1CCC(=O)NC(C)C1=O. The van der Waals surface area contributed by atoms with Crippen molar-refractivity contribution in [1.82, 2.24) is 5.32 Å². The number of nitrogens with one attached hydrogen (secondary N) is 1. The van der Waals surface area contributed by atoms with Gasteiger partial charge in [0.05, 0.1) is 4.47 Å². The average molecular weight is 329 g/mol. The van der Waals surface area contributed by atoms with Crippen molar-refractivity contribution < 1.29 is 14.0 Å². The molecule has 0 spiro atoms. The molecule has 1 aromatic carbocycles. The minimum Gasteiger partial charge on any atom is -0.345 e. The quantitative estimate of drug-likeness (QED) is 0.858. The number of carbonyl (C=O) groups is 2. The first-order chi connectivity index (χ1) is 8.90. The average Bonchev–Trinajstić information content (AvgIpc) is 2.45. The largest absolute Gasteiger partial charge is 0.345 e. The van der Waals surface area contributed by atoms with Gasteiger partial charge in [-0.3, -0.25) is 9.59 Å². The van der Waals surface area contributed by atoms with E-state index in [9.17, 15) is 14.0 Å². The molecule has 1 fully saturated rings. The molecule has 0 saturated carbocycles. The molecule has 1 atom stereocenters. The Balaban J connectivity index is 2.42. The van der Waals surface area contributed by atoms with Gasteiger partial charge in [0.25, 0.3) is 0 Å². The first-order valence-corrected chi connectivity index (χ1v) is 6.76. The predicted molar refractivity (Wildman–Crippen MR) is 73.4 cm³/mol. The van der Waals surface area contributed by atoms with Crippen LogP contribution in [0.1, 0.15) is 18.9 Å². The highest BCUT2D eigenvalue weighted by molar-refractivity contribution is 9.10. The molecule has 1 heterocycles. The molecule has 1 N–H and O–H groups in total. The molecule has 1 aromatic rings. The Morgan fingerprint density at radius 1 is 1.42 bits per heavy atom. The van der Waals surface area contributed by atoms with Gasteiger partial charge in [0, 0.05) is 18.7 Å². The van der Waals surface area contributed by atoms with Crippen molar-refractivity contribution in [3.63, 3.8) is 0 Å². The first-order valence-electron chi connectivity index (χ1n) is 5.96. The van der Waals surface area contributed by atoms with Gasteiger partial charge < -0.3 is 10.2 Å². The van der Waals surface area contributed by atoms with Crippen molar-refractivity contribution in [3.05, 3.63) is 28.0 Å². The second kappa shape index (κ2) is 5.28. The lowest BCUT2D eigenvalue weighted by molar-refractivity contribution is -0.125. The van der Waals surface area contributed by atoms with Crippen molar-refractivity contribution in [2.24, 2.45) is 0 Å². The van der Waals surface area contributed by atoms with E-state index in [0.717, 1.165) is 5.56 Å². The summed E-state index contributed by atoms with van der Waals surface area (Å²) < 4.78 is 14.0. The van der Waals surface area contributed by atoms with Crippen LogP contribution in [-0.4, -0.2) is 24.4 Å². The Bertz CT molecular complexity index is 548. The van der Waals surface area contributed by atoms with Crippen LogP contribution in [0.2, 0.25) is 0 Å². The molecule has 6 heteroatoms. The second-order valence-corrected chi connectivity index (χ2v) is 5.44. The van der Waals surface area contributed by atoms with E-state index in [1.807, 2.05) is 0 Å². The molecule has 1 aliphatic heterocycles. The molecular weight excluding hydrogens is 315 g/mol. The highest BCUT2D eigenvalue weighted by Crippen LogP contribution is 2.28. The van der Waals surface area contributed by atoms with E-state index in [-0.39, 0.29) is 24.8 Å². The van der Waals surface area contributed by atoms with Crippen LogP contribution in [0.5, 0.6) is 0 Å². The predicted octanol–water partition coefficient (Wildman–Crippen LogP) is 2.14. The molecule has 1 saturated heterocycles. The summed E-state index contributed by atoms with van der Waals surface area (Å²) in [5, 5.41) is 2.60. The van der Waals surface area contributed by atoms with Crippen molar-refractivity contribution in [3.8, 4) is 0 Å². The van der Waals surface area contributed by atoms with Gasteiger partial charge in [-0.15, -0.1) is 0 Å². The van der Waals surface area contributed by atoms with Crippen LogP contribution in [0.25, 0.3) is 0 Å². The van der Waals surface area contributed by atoms with Crippen LogP contribution in [-0.2, 0) is 9.59 Å². The molecule has 2 amide bonds. The van der Waals surface area contributed by atoms with Gasteiger partial charge in [0.2, 0.25) is 11.8 Å². The minimum absolute atomic E-state index is 0.168. The summed E-state index contributed by atoms with van der Waals surface area (Å²) in [7, 11) is 0. The number of amides is 2. The Morgan fingerprint density at radius 2 is 2.11 bits per heavy atom. The van der Waals surface area contributed by atoms with E-state index in [4.69, 9.17) is 0 Å². The standard InChI is InChI=1S/C13H14BrFN2O2/c1-7-5-9(14)10(15)6-11(7)17-4-3-12(18)16-8(2)13(17)19/h5-6,8H,3-4H2,1-2H3,(H,16,18). The zero-order chi connectivity index (χ0) is 14.2. The number of aryl methyl sites for hydroxylation is 1. The third kappa shape index (κ3) is 2.78. The van der Waals surface area contributed by atoms with E-state index < -0.39 is 11.9 Å². The minimum atomic E-state index is -0.596. The summed E-state index contributed by atoms with van der Waals surface area (Å²) in [6, 6.07) is 2.35.